The quantitative estimate of drug-likeness (QED) is 0.719. The molecule has 1 aliphatic rings. The fourth-order valence-electron chi connectivity index (χ4n) is 2.64. The molecule has 1 aliphatic carbocycles. The molecule has 25 heavy (non-hydrogen) atoms. The Labute approximate surface area is 151 Å². The summed E-state index contributed by atoms with van der Waals surface area (Å²) in [6, 6.07) is 14.3. The lowest BCUT2D eigenvalue weighted by Gasteiger charge is -2.14. The molecule has 3 nitrogen and oxygen atoms in total. The van der Waals surface area contributed by atoms with Gasteiger partial charge in [-0.1, -0.05) is 51.1 Å². The number of anilines is 1. The maximum absolute atomic E-state index is 11.7. The summed E-state index contributed by atoms with van der Waals surface area (Å²) in [6.45, 7) is 8.36. The lowest BCUT2D eigenvalue weighted by Crippen LogP contribution is -2.12. The highest BCUT2D eigenvalue weighted by Crippen LogP contribution is 2.41. The Morgan fingerprint density at radius 2 is 1.88 bits per heavy atom. The summed E-state index contributed by atoms with van der Waals surface area (Å²) in [7, 11) is 0. The van der Waals surface area contributed by atoms with Gasteiger partial charge < -0.3 is 10.1 Å². The Bertz CT molecular complexity index is 705. The van der Waals surface area contributed by atoms with Crippen LogP contribution < -0.4 is 10.1 Å². The molecule has 0 bridgehead atoms. The summed E-state index contributed by atoms with van der Waals surface area (Å²) in [4.78, 5) is 11.7. The first-order valence-corrected chi connectivity index (χ1v) is 9.28. The first-order chi connectivity index (χ1) is 12.2. The molecule has 1 fully saturated rings. The highest BCUT2D eigenvalue weighted by Gasteiger charge is 2.24. The molecular weight excluding hydrogens is 310 g/mol. The fraction of sp³-hybridized carbons (Fsp3) is 0.409. The van der Waals surface area contributed by atoms with E-state index < -0.39 is 0 Å². The van der Waals surface area contributed by atoms with Gasteiger partial charge in [0.2, 0.25) is 5.91 Å². The Morgan fingerprint density at radius 3 is 2.52 bits per heavy atom. The fourth-order valence-corrected chi connectivity index (χ4v) is 2.64. The molecule has 134 valence electrons. The third-order valence-electron chi connectivity index (χ3n) is 4.25. The third kappa shape index (κ3) is 5.35. The van der Waals surface area contributed by atoms with E-state index in [9.17, 15) is 4.79 Å². The van der Waals surface area contributed by atoms with Crippen LogP contribution in [0.5, 0.6) is 5.75 Å². The van der Waals surface area contributed by atoms with Gasteiger partial charge in [-0.25, -0.2) is 0 Å². The van der Waals surface area contributed by atoms with E-state index in [4.69, 9.17) is 4.74 Å². The predicted octanol–water partition coefficient (Wildman–Crippen LogP) is 5.83. The Hall–Kier alpha value is -2.29. The standard InChI is InChI=1S/C20H23NO2.C2H6/c1-3-20(22)21-18-11-10-16(15-8-9-15)12-17(18)13-23-19-7-5-4-6-14(19)2;1-2/h4-7,10-12,15H,3,8-9,13H2,1-2H3,(H,21,22);1-2H3. The third-order valence-corrected chi connectivity index (χ3v) is 4.25. The number of rotatable bonds is 6. The van der Waals surface area contributed by atoms with Crippen molar-refractivity contribution in [2.45, 2.75) is 59.5 Å². The minimum atomic E-state index is 0.0290. The SMILES string of the molecule is CC.CCC(=O)Nc1ccc(C2CC2)cc1COc1ccccc1C. The number of aryl methyl sites for hydroxylation is 1. The number of hydrogen-bond donors (Lipinski definition) is 1. The second-order valence-electron chi connectivity index (χ2n) is 6.15. The highest BCUT2D eigenvalue weighted by molar-refractivity contribution is 5.91. The highest BCUT2D eigenvalue weighted by atomic mass is 16.5. The predicted molar refractivity (Wildman–Crippen MR) is 104 cm³/mol. The van der Waals surface area contributed by atoms with Gasteiger partial charge in [-0.05, 0) is 48.9 Å². The van der Waals surface area contributed by atoms with Crippen molar-refractivity contribution in [1.29, 1.82) is 0 Å². The van der Waals surface area contributed by atoms with Crippen LogP contribution in [0, 0.1) is 6.92 Å². The number of benzene rings is 2. The summed E-state index contributed by atoms with van der Waals surface area (Å²) in [5.74, 6) is 1.60. The van der Waals surface area contributed by atoms with E-state index in [0.29, 0.717) is 18.9 Å². The summed E-state index contributed by atoms with van der Waals surface area (Å²) < 4.78 is 5.98. The molecule has 1 N–H and O–H groups in total. The molecule has 1 amide bonds. The number of nitrogens with one attached hydrogen (secondary N) is 1. The van der Waals surface area contributed by atoms with Gasteiger partial charge in [0.1, 0.15) is 12.4 Å². The molecule has 2 aromatic carbocycles. The zero-order valence-electron chi connectivity index (χ0n) is 15.8. The topological polar surface area (TPSA) is 38.3 Å². The molecule has 1 saturated carbocycles. The van der Waals surface area contributed by atoms with Crippen LogP contribution in [0.15, 0.2) is 42.5 Å². The van der Waals surface area contributed by atoms with Crippen LogP contribution in [-0.4, -0.2) is 5.91 Å². The van der Waals surface area contributed by atoms with E-state index in [2.05, 4.69) is 17.4 Å². The average molecular weight is 339 g/mol. The van der Waals surface area contributed by atoms with Crippen LogP contribution >= 0.6 is 0 Å². The van der Waals surface area contributed by atoms with Crippen LogP contribution in [0.3, 0.4) is 0 Å². The van der Waals surface area contributed by atoms with Gasteiger partial charge >= 0.3 is 0 Å². The van der Waals surface area contributed by atoms with Crippen molar-refractivity contribution in [1.82, 2.24) is 0 Å². The first kappa shape index (κ1) is 19.0. The van der Waals surface area contributed by atoms with Gasteiger partial charge in [0, 0.05) is 17.7 Å². The Balaban J connectivity index is 0.00000109. The van der Waals surface area contributed by atoms with Gasteiger partial charge in [0.15, 0.2) is 0 Å². The van der Waals surface area contributed by atoms with Gasteiger partial charge in [-0.3, -0.25) is 4.79 Å². The smallest absolute Gasteiger partial charge is 0.224 e. The van der Waals surface area contributed by atoms with E-state index in [1.54, 1.807) is 0 Å². The van der Waals surface area contributed by atoms with Crippen LogP contribution in [0.25, 0.3) is 0 Å². The van der Waals surface area contributed by atoms with Gasteiger partial charge in [-0.15, -0.1) is 0 Å². The van der Waals surface area contributed by atoms with E-state index in [1.807, 2.05) is 58.0 Å². The van der Waals surface area contributed by atoms with E-state index in [-0.39, 0.29) is 5.91 Å². The molecular formula is C22H29NO2. The van der Waals surface area contributed by atoms with E-state index in [1.165, 1.54) is 18.4 Å². The van der Waals surface area contributed by atoms with Crippen LogP contribution in [0.2, 0.25) is 0 Å². The zero-order chi connectivity index (χ0) is 18.2. The largest absolute Gasteiger partial charge is 0.489 e. The summed E-state index contributed by atoms with van der Waals surface area (Å²) in [5, 5.41) is 2.98. The van der Waals surface area contributed by atoms with Crippen LogP contribution in [-0.2, 0) is 11.4 Å². The van der Waals surface area contributed by atoms with E-state index >= 15 is 0 Å². The molecule has 3 rings (SSSR count). The lowest BCUT2D eigenvalue weighted by atomic mass is 10.1. The van der Waals surface area contributed by atoms with Gasteiger partial charge in [-0.2, -0.15) is 0 Å². The zero-order valence-corrected chi connectivity index (χ0v) is 15.8. The number of hydrogen-bond acceptors (Lipinski definition) is 2. The Morgan fingerprint density at radius 1 is 1.16 bits per heavy atom. The number of amides is 1. The molecule has 0 radical (unpaired) electrons. The molecule has 0 unspecified atom stereocenters. The minimum absolute atomic E-state index is 0.0290. The number of carbonyl (C=O) groups excluding carboxylic acids is 1. The van der Waals surface area contributed by atoms with Gasteiger partial charge in [0.25, 0.3) is 0 Å². The molecule has 0 spiro atoms. The average Bonchev–Trinajstić information content (AvgIpc) is 3.49. The molecule has 0 aliphatic heterocycles. The molecule has 0 aromatic heterocycles. The molecule has 2 aromatic rings. The number of carbonyl (C=O) groups is 1. The van der Waals surface area contributed by atoms with E-state index in [0.717, 1.165) is 22.6 Å². The Kier molecular flexibility index (Phi) is 7.05. The first-order valence-electron chi connectivity index (χ1n) is 9.28. The monoisotopic (exact) mass is 339 g/mol. The van der Waals surface area contributed by atoms with Crippen molar-refractivity contribution in [3.63, 3.8) is 0 Å². The van der Waals surface area contributed by atoms with Crippen molar-refractivity contribution in [2.75, 3.05) is 5.32 Å². The number of para-hydroxylation sites is 1. The second-order valence-corrected chi connectivity index (χ2v) is 6.15. The molecule has 0 saturated heterocycles. The molecule has 0 atom stereocenters. The molecule has 0 heterocycles. The van der Waals surface area contributed by atoms with Crippen LogP contribution in [0.4, 0.5) is 5.69 Å². The number of ether oxygens (including phenoxy) is 1. The summed E-state index contributed by atoms with van der Waals surface area (Å²) >= 11 is 0. The summed E-state index contributed by atoms with van der Waals surface area (Å²) in [6.07, 6.45) is 3.00. The maximum Gasteiger partial charge on any atom is 0.224 e. The maximum atomic E-state index is 11.7. The minimum Gasteiger partial charge on any atom is -0.489 e. The van der Waals surface area contributed by atoms with Crippen LogP contribution in [0.1, 0.15) is 62.6 Å². The lowest BCUT2D eigenvalue weighted by molar-refractivity contribution is -0.115. The van der Waals surface area contributed by atoms with Crippen molar-refractivity contribution >= 4 is 11.6 Å². The normalized spacial score (nSPS) is 12.8. The van der Waals surface area contributed by atoms with Gasteiger partial charge in [0.05, 0.1) is 0 Å². The van der Waals surface area contributed by atoms with Crippen molar-refractivity contribution < 1.29 is 9.53 Å². The summed E-state index contributed by atoms with van der Waals surface area (Å²) in [5.41, 5.74) is 4.36. The van der Waals surface area contributed by atoms with Crippen molar-refractivity contribution in [2.24, 2.45) is 0 Å². The van der Waals surface area contributed by atoms with Crippen molar-refractivity contribution in [3.05, 3.63) is 59.2 Å². The second kappa shape index (κ2) is 9.26. The van der Waals surface area contributed by atoms with Crippen molar-refractivity contribution in [3.8, 4) is 5.75 Å². The molecule has 3 heteroatoms.